The van der Waals surface area contributed by atoms with Crippen molar-refractivity contribution in [3.05, 3.63) is 16.1 Å². The maximum atomic E-state index is 10.6. The number of rotatable bonds is 5. The molecule has 1 atom stereocenters. The Bertz CT molecular complexity index is 417. The van der Waals surface area contributed by atoms with Crippen LogP contribution in [-0.2, 0) is 17.6 Å². The second-order valence-corrected chi connectivity index (χ2v) is 6.44. The number of nitrogens with zero attached hydrogens (tertiary/aromatic N) is 2. The van der Waals surface area contributed by atoms with Crippen LogP contribution in [-0.4, -0.2) is 40.1 Å². The van der Waals surface area contributed by atoms with Crippen LogP contribution in [0.15, 0.2) is 6.20 Å². The highest BCUT2D eigenvalue weighted by molar-refractivity contribution is 7.11. The van der Waals surface area contributed by atoms with E-state index in [1.165, 1.54) is 13.0 Å². The molecular formula is C13H20N2O2S. The van der Waals surface area contributed by atoms with Gasteiger partial charge < -0.3 is 10.0 Å². The van der Waals surface area contributed by atoms with E-state index in [2.05, 4.69) is 23.7 Å². The Morgan fingerprint density at radius 1 is 1.67 bits per heavy atom. The molecule has 1 aromatic rings. The summed E-state index contributed by atoms with van der Waals surface area (Å²) in [5, 5.41) is 9.81. The summed E-state index contributed by atoms with van der Waals surface area (Å²) in [6.45, 7) is 6.79. The van der Waals surface area contributed by atoms with Gasteiger partial charge in [-0.25, -0.2) is 4.98 Å². The van der Waals surface area contributed by atoms with Gasteiger partial charge in [0.1, 0.15) is 0 Å². The predicted molar refractivity (Wildman–Crippen MR) is 72.0 cm³/mol. The van der Waals surface area contributed by atoms with Crippen molar-refractivity contribution in [3.63, 3.8) is 0 Å². The summed E-state index contributed by atoms with van der Waals surface area (Å²) in [6.07, 6.45) is 4.03. The molecule has 2 heterocycles. The molecule has 0 aliphatic carbocycles. The van der Waals surface area contributed by atoms with E-state index in [9.17, 15) is 4.79 Å². The number of hydrogen-bond donors (Lipinski definition) is 1. The number of likely N-dealkylation sites (tertiary alicyclic amines) is 1. The molecule has 100 valence electrons. The third kappa shape index (κ3) is 3.53. The third-order valence-electron chi connectivity index (χ3n) is 3.44. The summed E-state index contributed by atoms with van der Waals surface area (Å²) in [7, 11) is 0. The van der Waals surface area contributed by atoms with Gasteiger partial charge in [0, 0.05) is 30.1 Å². The van der Waals surface area contributed by atoms with Crippen molar-refractivity contribution < 1.29 is 9.90 Å². The predicted octanol–water partition coefficient (Wildman–Crippen LogP) is 2.04. The highest BCUT2D eigenvalue weighted by Gasteiger charge is 2.25. The number of carboxylic acids is 1. The molecule has 1 fully saturated rings. The van der Waals surface area contributed by atoms with Gasteiger partial charge in [0.15, 0.2) is 0 Å². The molecule has 4 nitrogen and oxygen atoms in total. The zero-order valence-corrected chi connectivity index (χ0v) is 11.7. The molecule has 0 bridgehead atoms. The van der Waals surface area contributed by atoms with Crippen LogP contribution in [0.1, 0.15) is 30.2 Å². The van der Waals surface area contributed by atoms with Crippen LogP contribution < -0.4 is 0 Å². The monoisotopic (exact) mass is 268 g/mol. The minimum atomic E-state index is -0.781. The number of thiazole rings is 1. The average molecular weight is 268 g/mol. The topological polar surface area (TPSA) is 53.4 Å². The molecule has 1 aromatic heterocycles. The van der Waals surface area contributed by atoms with Crippen LogP contribution in [0.25, 0.3) is 0 Å². The van der Waals surface area contributed by atoms with E-state index in [0.717, 1.165) is 22.9 Å². The maximum Gasteiger partial charge on any atom is 0.308 e. The Morgan fingerprint density at radius 2 is 2.44 bits per heavy atom. The summed E-state index contributed by atoms with van der Waals surface area (Å²) < 4.78 is 0. The first kappa shape index (κ1) is 13.5. The van der Waals surface area contributed by atoms with E-state index in [4.69, 9.17) is 5.11 Å². The quantitative estimate of drug-likeness (QED) is 0.888. The van der Waals surface area contributed by atoms with Crippen LogP contribution >= 0.6 is 11.3 Å². The molecule has 2 rings (SSSR count). The van der Waals surface area contributed by atoms with Gasteiger partial charge in [-0.1, -0.05) is 0 Å². The molecule has 1 N–H and O–H groups in total. The SMILES string of the molecule is CC(C)N1CCC(Cc2ncc(CC(=O)O)s2)C1. The Labute approximate surface area is 112 Å². The summed E-state index contributed by atoms with van der Waals surface area (Å²) >= 11 is 1.55. The molecule has 5 heteroatoms. The summed E-state index contributed by atoms with van der Waals surface area (Å²) in [5.41, 5.74) is 0. The maximum absolute atomic E-state index is 10.6. The van der Waals surface area contributed by atoms with E-state index in [-0.39, 0.29) is 6.42 Å². The molecule has 1 saturated heterocycles. The fourth-order valence-electron chi connectivity index (χ4n) is 2.42. The normalized spacial score (nSPS) is 20.7. The van der Waals surface area contributed by atoms with Crippen molar-refractivity contribution >= 4 is 17.3 Å². The van der Waals surface area contributed by atoms with E-state index in [1.807, 2.05) is 0 Å². The first-order valence-corrected chi connectivity index (χ1v) is 7.25. The fraction of sp³-hybridized carbons (Fsp3) is 0.692. The van der Waals surface area contributed by atoms with E-state index >= 15 is 0 Å². The number of carbonyl (C=O) groups is 1. The van der Waals surface area contributed by atoms with Gasteiger partial charge in [-0.15, -0.1) is 11.3 Å². The standard InChI is InChI=1S/C13H20N2O2S/c1-9(2)15-4-3-10(8-15)5-12-14-7-11(18-12)6-13(16)17/h7,9-10H,3-6,8H2,1-2H3,(H,16,17). The van der Waals surface area contributed by atoms with Crippen LogP contribution in [0.5, 0.6) is 0 Å². The second kappa shape index (κ2) is 5.80. The Morgan fingerprint density at radius 3 is 3.06 bits per heavy atom. The average Bonchev–Trinajstić information content (AvgIpc) is 2.88. The molecule has 1 aliphatic heterocycles. The largest absolute Gasteiger partial charge is 0.481 e. The van der Waals surface area contributed by atoms with Crippen molar-refractivity contribution in [2.75, 3.05) is 13.1 Å². The van der Waals surface area contributed by atoms with Gasteiger partial charge in [-0.2, -0.15) is 0 Å². The highest BCUT2D eigenvalue weighted by Crippen LogP contribution is 2.24. The smallest absolute Gasteiger partial charge is 0.308 e. The second-order valence-electron chi connectivity index (χ2n) is 5.24. The van der Waals surface area contributed by atoms with Crippen LogP contribution in [0.4, 0.5) is 0 Å². The summed E-state index contributed by atoms with van der Waals surface area (Å²) in [6, 6.07) is 0.619. The van der Waals surface area contributed by atoms with Gasteiger partial charge in [0.05, 0.1) is 11.4 Å². The molecule has 18 heavy (non-hydrogen) atoms. The van der Waals surface area contributed by atoms with Gasteiger partial charge in [-0.05, 0) is 32.7 Å². The number of aromatic nitrogens is 1. The zero-order valence-electron chi connectivity index (χ0n) is 10.9. The van der Waals surface area contributed by atoms with E-state index < -0.39 is 5.97 Å². The van der Waals surface area contributed by atoms with E-state index in [0.29, 0.717) is 12.0 Å². The number of carboxylic acid groups (broad SMARTS) is 1. The molecular weight excluding hydrogens is 248 g/mol. The number of hydrogen-bond acceptors (Lipinski definition) is 4. The lowest BCUT2D eigenvalue weighted by molar-refractivity contribution is -0.136. The molecule has 0 spiro atoms. The van der Waals surface area contributed by atoms with Gasteiger partial charge in [-0.3, -0.25) is 4.79 Å². The highest BCUT2D eigenvalue weighted by atomic mass is 32.1. The first-order chi connectivity index (χ1) is 8.54. The van der Waals surface area contributed by atoms with Crippen molar-refractivity contribution in [3.8, 4) is 0 Å². The lowest BCUT2D eigenvalue weighted by Crippen LogP contribution is -2.28. The van der Waals surface area contributed by atoms with Crippen LogP contribution in [0.3, 0.4) is 0 Å². The molecule has 0 aromatic carbocycles. The van der Waals surface area contributed by atoms with E-state index in [1.54, 1.807) is 17.5 Å². The van der Waals surface area contributed by atoms with Crippen molar-refractivity contribution in [2.45, 2.75) is 39.2 Å². The Hall–Kier alpha value is -0.940. The van der Waals surface area contributed by atoms with Gasteiger partial charge in [0.25, 0.3) is 0 Å². The molecule has 0 amide bonds. The molecule has 0 saturated carbocycles. The Kier molecular flexibility index (Phi) is 4.35. The van der Waals surface area contributed by atoms with Crippen molar-refractivity contribution in [1.82, 2.24) is 9.88 Å². The van der Waals surface area contributed by atoms with Crippen LogP contribution in [0, 0.1) is 5.92 Å². The molecule has 0 radical (unpaired) electrons. The van der Waals surface area contributed by atoms with Crippen molar-refractivity contribution in [1.29, 1.82) is 0 Å². The fourth-order valence-corrected chi connectivity index (χ4v) is 3.45. The molecule has 1 aliphatic rings. The first-order valence-electron chi connectivity index (χ1n) is 6.44. The summed E-state index contributed by atoms with van der Waals surface area (Å²) in [5.74, 6) is -0.103. The minimum Gasteiger partial charge on any atom is -0.481 e. The van der Waals surface area contributed by atoms with Gasteiger partial charge >= 0.3 is 5.97 Å². The zero-order chi connectivity index (χ0) is 13.1. The summed E-state index contributed by atoms with van der Waals surface area (Å²) in [4.78, 5) is 18.3. The van der Waals surface area contributed by atoms with Crippen LogP contribution in [0.2, 0.25) is 0 Å². The molecule has 1 unspecified atom stereocenters. The lowest BCUT2D eigenvalue weighted by Gasteiger charge is -2.19. The Balaban J connectivity index is 1.87. The van der Waals surface area contributed by atoms with Crippen molar-refractivity contribution in [2.24, 2.45) is 5.92 Å². The third-order valence-corrected chi connectivity index (χ3v) is 4.46. The lowest BCUT2D eigenvalue weighted by atomic mass is 10.1. The van der Waals surface area contributed by atoms with Gasteiger partial charge in [0.2, 0.25) is 0 Å². The number of aliphatic carboxylic acids is 1. The minimum absolute atomic E-state index is 0.0977.